The third kappa shape index (κ3) is 5.17. The van der Waals surface area contributed by atoms with E-state index in [4.69, 9.17) is 0 Å². The number of hydrogen-bond acceptors (Lipinski definition) is 5. The van der Waals surface area contributed by atoms with Gasteiger partial charge in [0, 0.05) is 50.5 Å². The van der Waals surface area contributed by atoms with Crippen LogP contribution in [0.15, 0.2) is 24.3 Å². The fraction of sp³-hybridized carbons (Fsp3) is 0.571. The Hall–Kier alpha value is -2.25. The largest absolute Gasteiger partial charge is 0.342 e. The predicted octanol–water partition coefficient (Wildman–Crippen LogP) is 1.46. The lowest BCUT2D eigenvalue weighted by molar-refractivity contribution is -0.132. The van der Waals surface area contributed by atoms with Crippen LogP contribution in [0.3, 0.4) is 0 Å². The molecule has 2 amide bonds. The van der Waals surface area contributed by atoms with Gasteiger partial charge in [0.2, 0.25) is 11.8 Å². The molecule has 2 aliphatic heterocycles. The summed E-state index contributed by atoms with van der Waals surface area (Å²) in [5.41, 5.74) is 1.32. The molecule has 7 heteroatoms. The number of likely N-dealkylation sites (tertiary alicyclic amines) is 1. The first-order valence-corrected chi connectivity index (χ1v) is 10.1. The number of benzene rings is 1. The zero-order valence-electron chi connectivity index (χ0n) is 16.8. The van der Waals surface area contributed by atoms with Gasteiger partial charge in [0.05, 0.1) is 12.6 Å². The predicted molar refractivity (Wildman–Crippen MR) is 108 cm³/mol. The smallest absolute Gasteiger partial charge is 0.241 e. The van der Waals surface area contributed by atoms with E-state index in [1.54, 1.807) is 24.3 Å². The monoisotopic (exact) mass is 386 g/mol. The van der Waals surface area contributed by atoms with Crippen molar-refractivity contribution >= 4 is 23.3 Å². The van der Waals surface area contributed by atoms with Gasteiger partial charge in [0.25, 0.3) is 0 Å². The molecule has 152 valence electrons. The maximum absolute atomic E-state index is 12.6. The lowest BCUT2D eigenvalue weighted by Crippen LogP contribution is -2.54. The topological polar surface area (TPSA) is 73.0 Å². The Bertz CT molecular complexity index is 705. The van der Waals surface area contributed by atoms with E-state index in [0.29, 0.717) is 17.8 Å². The number of amides is 2. The number of rotatable bonds is 6. The number of nitrogens with one attached hydrogen (secondary N) is 1. The average molecular weight is 386 g/mol. The van der Waals surface area contributed by atoms with E-state index in [2.05, 4.69) is 15.1 Å². The molecule has 0 aromatic heterocycles. The van der Waals surface area contributed by atoms with Crippen molar-refractivity contribution in [2.75, 3.05) is 51.1 Å². The molecule has 0 radical (unpaired) electrons. The van der Waals surface area contributed by atoms with Crippen molar-refractivity contribution in [2.45, 2.75) is 32.7 Å². The molecule has 2 aliphatic rings. The Morgan fingerprint density at radius 1 is 0.964 bits per heavy atom. The summed E-state index contributed by atoms with van der Waals surface area (Å²) in [5, 5.41) is 2.92. The van der Waals surface area contributed by atoms with Crippen molar-refractivity contribution in [3.63, 3.8) is 0 Å². The molecule has 3 rings (SSSR count). The number of hydrogen-bond donors (Lipinski definition) is 1. The van der Waals surface area contributed by atoms with Gasteiger partial charge in [-0.1, -0.05) is 0 Å². The van der Waals surface area contributed by atoms with Gasteiger partial charge in [0.15, 0.2) is 5.78 Å². The van der Waals surface area contributed by atoms with E-state index in [9.17, 15) is 14.4 Å². The number of ketones is 1. The van der Waals surface area contributed by atoms with Gasteiger partial charge >= 0.3 is 0 Å². The van der Waals surface area contributed by atoms with Gasteiger partial charge in [-0.05, 0) is 51.0 Å². The molecule has 2 heterocycles. The fourth-order valence-corrected chi connectivity index (χ4v) is 3.77. The van der Waals surface area contributed by atoms with E-state index >= 15 is 0 Å². The Morgan fingerprint density at radius 2 is 1.57 bits per heavy atom. The minimum absolute atomic E-state index is 0.00679. The number of piperazine rings is 1. The zero-order chi connectivity index (χ0) is 20.1. The molecule has 0 aliphatic carbocycles. The van der Waals surface area contributed by atoms with Crippen molar-refractivity contribution in [3.8, 4) is 0 Å². The van der Waals surface area contributed by atoms with Gasteiger partial charge < -0.3 is 10.2 Å². The number of anilines is 1. The zero-order valence-corrected chi connectivity index (χ0v) is 16.8. The summed E-state index contributed by atoms with van der Waals surface area (Å²) in [6, 6.07) is 6.70. The first-order valence-electron chi connectivity index (χ1n) is 10.1. The summed E-state index contributed by atoms with van der Waals surface area (Å²) in [6.45, 7) is 8.83. The van der Waals surface area contributed by atoms with E-state index in [1.165, 1.54) is 6.92 Å². The normalized spacial score (nSPS) is 19.4. The quantitative estimate of drug-likeness (QED) is 0.750. The highest BCUT2D eigenvalue weighted by Crippen LogP contribution is 2.14. The van der Waals surface area contributed by atoms with Crippen molar-refractivity contribution < 1.29 is 14.4 Å². The van der Waals surface area contributed by atoms with Crippen LogP contribution >= 0.6 is 0 Å². The van der Waals surface area contributed by atoms with Crippen molar-refractivity contribution in [1.29, 1.82) is 0 Å². The second-order valence-electron chi connectivity index (χ2n) is 7.70. The highest BCUT2D eigenvalue weighted by atomic mass is 16.2. The van der Waals surface area contributed by atoms with E-state index in [0.717, 1.165) is 52.1 Å². The average Bonchev–Trinajstić information content (AvgIpc) is 3.23. The van der Waals surface area contributed by atoms with Crippen LogP contribution in [0.25, 0.3) is 0 Å². The first-order chi connectivity index (χ1) is 13.4. The Balaban J connectivity index is 1.44. The van der Waals surface area contributed by atoms with Crippen LogP contribution in [0.2, 0.25) is 0 Å². The Labute approximate surface area is 166 Å². The fourth-order valence-electron chi connectivity index (χ4n) is 3.77. The summed E-state index contributed by atoms with van der Waals surface area (Å²) in [5.74, 6) is 0.176. The number of Topliss-reactive ketones (excluding diaryl/α,β-unsaturated/α-hetero) is 1. The van der Waals surface area contributed by atoms with Gasteiger partial charge in [-0.3, -0.25) is 24.2 Å². The van der Waals surface area contributed by atoms with E-state index in [1.807, 2.05) is 11.8 Å². The number of carbonyl (C=O) groups is 3. The Kier molecular flexibility index (Phi) is 6.80. The molecule has 1 atom stereocenters. The van der Waals surface area contributed by atoms with Crippen molar-refractivity contribution in [2.24, 2.45) is 0 Å². The molecule has 0 bridgehead atoms. The summed E-state index contributed by atoms with van der Waals surface area (Å²) in [7, 11) is 0. The second-order valence-corrected chi connectivity index (χ2v) is 7.70. The molecule has 1 aromatic rings. The maximum Gasteiger partial charge on any atom is 0.241 e. The van der Waals surface area contributed by atoms with Crippen LogP contribution in [0.4, 0.5) is 5.69 Å². The van der Waals surface area contributed by atoms with Crippen LogP contribution in [-0.2, 0) is 9.59 Å². The molecule has 28 heavy (non-hydrogen) atoms. The summed E-state index contributed by atoms with van der Waals surface area (Å²) in [6.07, 6.45) is 2.23. The lowest BCUT2D eigenvalue weighted by atomic mass is 10.1. The number of nitrogens with zero attached hydrogens (tertiary/aromatic N) is 3. The summed E-state index contributed by atoms with van der Waals surface area (Å²) >= 11 is 0. The minimum Gasteiger partial charge on any atom is -0.342 e. The lowest BCUT2D eigenvalue weighted by Gasteiger charge is -2.37. The van der Waals surface area contributed by atoms with Crippen LogP contribution in [0.5, 0.6) is 0 Å². The standard InChI is InChI=1S/C21H30N4O3/c1-16(21(28)22-19-7-5-18(6-8-19)17(2)26)24-13-11-23(12-14-24)15-20(27)25-9-3-4-10-25/h5-8,16H,3-4,9-15H2,1-2H3,(H,22,28)/t16-/m1/s1. The molecule has 0 spiro atoms. The van der Waals surface area contributed by atoms with Crippen LogP contribution in [-0.4, -0.2) is 84.2 Å². The first kappa shape index (κ1) is 20.5. The highest BCUT2D eigenvalue weighted by Gasteiger charge is 2.27. The van der Waals surface area contributed by atoms with Crippen LogP contribution in [0, 0.1) is 0 Å². The second kappa shape index (κ2) is 9.30. The SMILES string of the molecule is CC(=O)c1ccc(NC(=O)[C@@H](C)N2CCN(CC(=O)N3CCCC3)CC2)cc1. The summed E-state index contributed by atoms with van der Waals surface area (Å²) < 4.78 is 0. The third-order valence-electron chi connectivity index (χ3n) is 5.71. The third-order valence-corrected chi connectivity index (χ3v) is 5.71. The van der Waals surface area contributed by atoms with Gasteiger partial charge in [0.1, 0.15) is 0 Å². The highest BCUT2D eigenvalue weighted by molar-refractivity contribution is 5.97. The van der Waals surface area contributed by atoms with E-state index < -0.39 is 0 Å². The van der Waals surface area contributed by atoms with Gasteiger partial charge in [-0.25, -0.2) is 0 Å². The van der Waals surface area contributed by atoms with Crippen molar-refractivity contribution in [3.05, 3.63) is 29.8 Å². The molecule has 2 fully saturated rings. The molecular weight excluding hydrogens is 356 g/mol. The molecule has 0 saturated carbocycles. The van der Waals surface area contributed by atoms with Gasteiger partial charge in [-0.15, -0.1) is 0 Å². The van der Waals surface area contributed by atoms with Crippen LogP contribution in [0.1, 0.15) is 37.0 Å². The van der Waals surface area contributed by atoms with E-state index in [-0.39, 0.29) is 23.6 Å². The molecule has 1 aromatic carbocycles. The number of carbonyl (C=O) groups excluding carboxylic acids is 3. The molecule has 0 unspecified atom stereocenters. The molecule has 1 N–H and O–H groups in total. The minimum atomic E-state index is -0.246. The van der Waals surface area contributed by atoms with Crippen LogP contribution < -0.4 is 5.32 Å². The Morgan fingerprint density at radius 3 is 2.14 bits per heavy atom. The molecule has 7 nitrogen and oxygen atoms in total. The summed E-state index contributed by atoms with van der Waals surface area (Å²) in [4.78, 5) is 42.5. The molecular formula is C21H30N4O3. The van der Waals surface area contributed by atoms with Crippen molar-refractivity contribution in [1.82, 2.24) is 14.7 Å². The molecule has 2 saturated heterocycles. The van der Waals surface area contributed by atoms with Gasteiger partial charge in [-0.2, -0.15) is 0 Å². The maximum atomic E-state index is 12.6.